The first-order chi connectivity index (χ1) is 8.56. The molecule has 0 spiro atoms. The lowest BCUT2D eigenvalue weighted by molar-refractivity contribution is 0.626. The fraction of sp³-hybridized carbons (Fsp3) is 0.154. The Kier molecular flexibility index (Phi) is 4.19. The topological polar surface area (TPSA) is 24.9 Å². The van der Waals surface area contributed by atoms with Gasteiger partial charge in [0.1, 0.15) is 10.4 Å². The standard InChI is InChI=1S/C13H11BrClFN2/c1-8(11-4-2-9(16)6-12(11)15)18-10-3-5-13(14)17-7-10/h2-8,18H,1H3. The number of hydrogen-bond donors (Lipinski definition) is 1. The third-order valence-corrected chi connectivity index (χ3v) is 3.34. The Morgan fingerprint density at radius 2 is 2.11 bits per heavy atom. The molecular formula is C13H11BrClFN2. The van der Waals surface area contributed by atoms with Gasteiger partial charge in [0.2, 0.25) is 0 Å². The second-order valence-corrected chi connectivity index (χ2v) is 5.12. The minimum Gasteiger partial charge on any atom is -0.377 e. The minimum absolute atomic E-state index is 0.0268. The molecule has 2 rings (SSSR count). The molecule has 5 heteroatoms. The quantitative estimate of drug-likeness (QED) is 0.817. The summed E-state index contributed by atoms with van der Waals surface area (Å²) >= 11 is 9.29. The van der Waals surface area contributed by atoms with Gasteiger partial charge in [0.25, 0.3) is 0 Å². The Hall–Kier alpha value is -1.13. The number of halogens is 3. The van der Waals surface area contributed by atoms with Crippen molar-refractivity contribution in [2.24, 2.45) is 0 Å². The molecule has 2 aromatic rings. The molecule has 2 nitrogen and oxygen atoms in total. The molecule has 94 valence electrons. The van der Waals surface area contributed by atoms with Crippen LogP contribution in [0.3, 0.4) is 0 Å². The van der Waals surface area contributed by atoms with Crippen LogP contribution in [0, 0.1) is 5.82 Å². The van der Waals surface area contributed by atoms with Crippen molar-refractivity contribution in [3.63, 3.8) is 0 Å². The van der Waals surface area contributed by atoms with E-state index in [0.29, 0.717) is 5.02 Å². The van der Waals surface area contributed by atoms with Gasteiger partial charge in [-0.05, 0) is 52.7 Å². The SMILES string of the molecule is CC(Nc1ccc(Br)nc1)c1ccc(F)cc1Cl. The largest absolute Gasteiger partial charge is 0.377 e. The van der Waals surface area contributed by atoms with E-state index in [0.717, 1.165) is 15.9 Å². The molecule has 0 aliphatic rings. The van der Waals surface area contributed by atoms with Gasteiger partial charge in [0.05, 0.1) is 17.9 Å². The predicted octanol–water partition coefficient (Wildman–Crippen LogP) is 4.81. The van der Waals surface area contributed by atoms with Gasteiger partial charge in [-0.2, -0.15) is 0 Å². The van der Waals surface area contributed by atoms with Crippen molar-refractivity contribution in [3.05, 3.63) is 57.5 Å². The summed E-state index contributed by atoms with van der Waals surface area (Å²) in [4.78, 5) is 4.12. The number of nitrogens with zero attached hydrogens (tertiary/aromatic N) is 1. The van der Waals surface area contributed by atoms with Crippen LogP contribution in [-0.2, 0) is 0 Å². The van der Waals surface area contributed by atoms with Crippen molar-refractivity contribution >= 4 is 33.2 Å². The first-order valence-electron chi connectivity index (χ1n) is 5.39. The highest BCUT2D eigenvalue weighted by molar-refractivity contribution is 9.10. The fourth-order valence-corrected chi connectivity index (χ4v) is 2.21. The molecule has 0 saturated carbocycles. The Balaban J connectivity index is 2.16. The number of rotatable bonds is 3. The molecule has 0 saturated heterocycles. The normalized spacial score (nSPS) is 12.2. The van der Waals surface area contributed by atoms with E-state index < -0.39 is 0 Å². The van der Waals surface area contributed by atoms with Crippen molar-refractivity contribution in [3.8, 4) is 0 Å². The zero-order valence-electron chi connectivity index (χ0n) is 9.62. The molecule has 1 unspecified atom stereocenters. The van der Waals surface area contributed by atoms with Crippen LogP contribution in [0.15, 0.2) is 41.1 Å². The molecule has 1 aromatic heterocycles. The maximum atomic E-state index is 13.0. The Bertz CT molecular complexity index is 545. The van der Waals surface area contributed by atoms with Gasteiger partial charge in [-0.3, -0.25) is 0 Å². The average molecular weight is 330 g/mol. The second-order valence-electron chi connectivity index (χ2n) is 3.90. The summed E-state index contributed by atoms with van der Waals surface area (Å²) in [5.74, 6) is -0.332. The minimum atomic E-state index is -0.332. The first-order valence-corrected chi connectivity index (χ1v) is 6.56. The third kappa shape index (κ3) is 3.21. The highest BCUT2D eigenvalue weighted by atomic mass is 79.9. The summed E-state index contributed by atoms with van der Waals surface area (Å²) in [6.45, 7) is 1.96. The van der Waals surface area contributed by atoms with Crippen LogP contribution >= 0.6 is 27.5 Å². The van der Waals surface area contributed by atoms with Crippen LogP contribution in [0.4, 0.5) is 10.1 Å². The van der Waals surface area contributed by atoms with E-state index in [-0.39, 0.29) is 11.9 Å². The summed E-state index contributed by atoms with van der Waals surface area (Å²) < 4.78 is 13.7. The molecule has 0 aliphatic heterocycles. The van der Waals surface area contributed by atoms with E-state index >= 15 is 0 Å². The van der Waals surface area contributed by atoms with Gasteiger partial charge in [0, 0.05) is 5.02 Å². The molecule has 0 radical (unpaired) electrons. The highest BCUT2D eigenvalue weighted by Crippen LogP contribution is 2.26. The molecule has 0 aliphatic carbocycles. The van der Waals surface area contributed by atoms with Crippen LogP contribution in [-0.4, -0.2) is 4.98 Å². The van der Waals surface area contributed by atoms with Crippen molar-refractivity contribution in [2.45, 2.75) is 13.0 Å². The number of anilines is 1. The van der Waals surface area contributed by atoms with E-state index in [2.05, 4.69) is 26.2 Å². The highest BCUT2D eigenvalue weighted by Gasteiger charge is 2.10. The van der Waals surface area contributed by atoms with Crippen molar-refractivity contribution in [2.75, 3.05) is 5.32 Å². The van der Waals surface area contributed by atoms with Crippen LogP contribution in [0.25, 0.3) is 0 Å². The lowest BCUT2D eigenvalue weighted by Crippen LogP contribution is -2.07. The number of pyridine rings is 1. The van der Waals surface area contributed by atoms with Gasteiger partial charge >= 0.3 is 0 Å². The monoisotopic (exact) mass is 328 g/mol. The Labute approximate surface area is 118 Å². The van der Waals surface area contributed by atoms with Gasteiger partial charge < -0.3 is 5.32 Å². The zero-order valence-corrected chi connectivity index (χ0v) is 12.0. The number of hydrogen-bond acceptors (Lipinski definition) is 2. The van der Waals surface area contributed by atoms with E-state index in [4.69, 9.17) is 11.6 Å². The summed E-state index contributed by atoms with van der Waals surface area (Å²) in [5.41, 5.74) is 1.73. The first kappa shape index (κ1) is 13.3. The lowest BCUT2D eigenvalue weighted by Gasteiger charge is -2.16. The number of aromatic nitrogens is 1. The van der Waals surface area contributed by atoms with E-state index in [9.17, 15) is 4.39 Å². The van der Waals surface area contributed by atoms with Gasteiger partial charge in [-0.25, -0.2) is 9.37 Å². The molecular weight excluding hydrogens is 319 g/mol. The molecule has 1 atom stereocenters. The van der Waals surface area contributed by atoms with E-state index in [1.807, 2.05) is 19.1 Å². The Morgan fingerprint density at radius 3 is 2.72 bits per heavy atom. The molecule has 1 aromatic carbocycles. The lowest BCUT2D eigenvalue weighted by atomic mass is 10.1. The summed E-state index contributed by atoms with van der Waals surface area (Å²) in [5, 5.41) is 3.67. The van der Waals surface area contributed by atoms with Crippen molar-refractivity contribution in [1.29, 1.82) is 0 Å². The number of benzene rings is 1. The number of nitrogens with one attached hydrogen (secondary N) is 1. The van der Waals surface area contributed by atoms with Gasteiger partial charge in [-0.1, -0.05) is 17.7 Å². The molecule has 1 heterocycles. The van der Waals surface area contributed by atoms with Crippen LogP contribution in [0.5, 0.6) is 0 Å². The van der Waals surface area contributed by atoms with E-state index in [1.54, 1.807) is 12.3 Å². The Morgan fingerprint density at radius 1 is 1.33 bits per heavy atom. The summed E-state index contributed by atoms with van der Waals surface area (Å²) in [7, 11) is 0. The van der Waals surface area contributed by atoms with Gasteiger partial charge in [0.15, 0.2) is 0 Å². The molecule has 0 bridgehead atoms. The van der Waals surface area contributed by atoms with Crippen LogP contribution < -0.4 is 5.32 Å². The maximum absolute atomic E-state index is 13.0. The average Bonchev–Trinajstić information content (AvgIpc) is 2.32. The van der Waals surface area contributed by atoms with Crippen LogP contribution in [0.1, 0.15) is 18.5 Å². The third-order valence-electron chi connectivity index (χ3n) is 2.54. The molecule has 0 amide bonds. The summed E-state index contributed by atoms with van der Waals surface area (Å²) in [6, 6.07) is 8.13. The smallest absolute Gasteiger partial charge is 0.124 e. The zero-order chi connectivity index (χ0) is 13.1. The predicted molar refractivity (Wildman–Crippen MR) is 75.4 cm³/mol. The van der Waals surface area contributed by atoms with Crippen molar-refractivity contribution < 1.29 is 4.39 Å². The molecule has 1 N–H and O–H groups in total. The molecule has 18 heavy (non-hydrogen) atoms. The second kappa shape index (κ2) is 5.67. The van der Waals surface area contributed by atoms with Gasteiger partial charge in [-0.15, -0.1) is 0 Å². The van der Waals surface area contributed by atoms with E-state index in [1.165, 1.54) is 12.1 Å². The molecule has 0 fully saturated rings. The maximum Gasteiger partial charge on any atom is 0.124 e. The van der Waals surface area contributed by atoms with Crippen LogP contribution in [0.2, 0.25) is 5.02 Å². The summed E-state index contributed by atoms with van der Waals surface area (Å²) in [6.07, 6.45) is 1.72. The van der Waals surface area contributed by atoms with Crippen molar-refractivity contribution in [1.82, 2.24) is 4.98 Å². The fourth-order valence-electron chi connectivity index (χ4n) is 1.64.